The van der Waals surface area contributed by atoms with Gasteiger partial charge >= 0.3 is 0 Å². The molecule has 1 saturated heterocycles. The van der Waals surface area contributed by atoms with E-state index in [-0.39, 0.29) is 6.04 Å². The van der Waals surface area contributed by atoms with Crippen LogP contribution in [0, 0.1) is 5.92 Å². The zero-order chi connectivity index (χ0) is 11.7. The highest BCUT2D eigenvalue weighted by Crippen LogP contribution is 2.33. The van der Waals surface area contributed by atoms with Crippen LogP contribution in [-0.4, -0.2) is 29.4 Å². The molecule has 2 aliphatic rings. The molecule has 1 aromatic heterocycles. The fraction of sp³-hybridized carbons (Fsp3) is 0.833. The van der Waals surface area contributed by atoms with Crippen molar-refractivity contribution in [3.05, 3.63) is 11.7 Å². The Labute approximate surface area is 101 Å². The highest BCUT2D eigenvalue weighted by molar-refractivity contribution is 4.99. The average molecular weight is 237 g/mol. The minimum absolute atomic E-state index is 0.186. The van der Waals surface area contributed by atoms with Crippen molar-refractivity contribution in [2.45, 2.75) is 44.1 Å². The summed E-state index contributed by atoms with van der Waals surface area (Å²) in [5, 5.41) is 4.05. The van der Waals surface area contributed by atoms with Crippen LogP contribution < -0.4 is 5.73 Å². The quantitative estimate of drug-likeness (QED) is 0.852. The minimum Gasteiger partial charge on any atom is -0.381 e. The van der Waals surface area contributed by atoms with Gasteiger partial charge in [-0.1, -0.05) is 5.16 Å². The fourth-order valence-electron chi connectivity index (χ4n) is 2.35. The topological polar surface area (TPSA) is 74.2 Å². The van der Waals surface area contributed by atoms with Gasteiger partial charge in [-0.2, -0.15) is 4.98 Å². The van der Waals surface area contributed by atoms with E-state index in [0.717, 1.165) is 25.3 Å². The van der Waals surface area contributed by atoms with Crippen molar-refractivity contribution in [1.82, 2.24) is 10.1 Å². The first-order valence-corrected chi connectivity index (χ1v) is 6.49. The van der Waals surface area contributed by atoms with Crippen LogP contribution in [0.5, 0.6) is 0 Å². The third-order valence-corrected chi connectivity index (χ3v) is 3.65. The molecule has 0 bridgehead atoms. The lowest BCUT2D eigenvalue weighted by Crippen LogP contribution is -2.25. The van der Waals surface area contributed by atoms with Crippen molar-refractivity contribution < 1.29 is 9.26 Å². The molecule has 17 heavy (non-hydrogen) atoms. The second-order valence-electron chi connectivity index (χ2n) is 5.17. The van der Waals surface area contributed by atoms with E-state index in [1.54, 1.807) is 0 Å². The van der Waals surface area contributed by atoms with Crippen LogP contribution in [0.2, 0.25) is 0 Å². The normalized spacial score (nSPS) is 27.0. The summed E-state index contributed by atoms with van der Waals surface area (Å²) in [4.78, 5) is 4.45. The number of nitrogens with zero attached hydrogens (tertiary/aromatic N) is 2. The Morgan fingerprint density at radius 2 is 2.24 bits per heavy atom. The summed E-state index contributed by atoms with van der Waals surface area (Å²) in [5.74, 6) is 2.45. The predicted octanol–water partition coefficient (Wildman–Crippen LogP) is 1.24. The van der Waals surface area contributed by atoms with Crippen molar-refractivity contribution in [2.75, 3.05) is 13.2 Å². The van der Waals surface area contributed by atoms with E-state index in [1.165, 1.54) is 12.8 Å². The average Bonchev–Trinajstić information content (AvgIpc) is 3.12. The van der Waals surface area contributed by atoms with E-state index >= 15 is 0 Å². The summed E-state index contributed by atoms with van der Waals surface area (Å²) in [6, 6.07) is 0.186. The van der Waals surface area contributed by atoms with Gasteiger partial charge in [-0.05, 0) is 31.6 Å². The van der Waals surface area contributed by atoms with Crippen LogP contribution in [0.3, 0.4) is 0 Å². The molecule has 1 aliphatic carbocycles. The van der Waals surface area contributed by atoms with Gasteiger partial charge in [0.05, 0.1) is 6.61 Å². The van der Waals surface area contributed by atoms with Gasteiger partial charge < -0.3 is 15.0 Å². The predicted molar refractivity (Wildman–Crippen MR) is 61.5 cm³/mol. The Balaban J connectivity index is 1.60. The van der Waals surface area contributed by atoms with E-state index in [9.17, 15) is 0 Å². The Morgan fingerprint density at radius 1 is 1.35 bits per heavy atom. The van der Waals surface area contributed by atoms with Gasteiger partial charge in [0.2, 0.25) is 5.89 Å². The summed E-state index contributed by atoms with van der Waals surface area (Å²) in [6.45, 7) is 1.57. The maximum atomic E-state index is 6.05. The molecule has 0 spiro atoms. The number of nitrogens with two attached hydrogens (primary N) is 1. The van der Waals surface area contributed by atoms with Crippen LogP contribution in [0.1, 0.15) is 43.3 Å². The lowest BCUT2D eigenvalue weighted by atomic mass is 10.0. The van der Waals surface area contributed by atoms with E-state index in [1.807, 2.05) is 0 Å². The van der Waals surface area contributed by atoms with Gasteiger partial charge in [-0.3, -0.25) is 0 Å². The van der Waals surface area contributed by atoms with Crippen molar-refractivity contribution in [3.8, 4) is 0 Å². The van der Waals surface area contributed by atoms with Gasteiger partial charge in [0, 0.05) is 25.0 Å². The molecule has 1 aliphatic heterocycles. The second kappa shape index (κ2) is 4.74. The van der Waals surface area contributed by atoms with Crippen LogP contribution in [-0.2, 0) is 11.2 Å². The highest BCUT2D eigenvalue weighted by atomic mass is 16.5. The molecule has 1 aromatic rings. The van der Waals surface area contributed by atoms with E-state index < -0.39 is 0 Å². The van der Waals surface area contributed by atoms with Crippen LogP contribution in [0.25, 0.3) is 0 Å². The van der Waals surface area contributed by atoms with Crippen molar-refractivity contribution in [1.29, 1.82) is 0 Å². The molecule has 2 N–H and O–H groups in total. The van der Waals surface area contributed by atoms with E-state index in [2.05, 4.69) is 10.1 Å². The van der Waals surface area contributed by atoms with E-state index in [0.29, 0.717) is 30.8 Å². The molecule has 2 heterocycles. The highest BCUT2D eigenvalue weighted by Gasteiger charge is 2.30. The molecule has 2 atom stereocenters. The van der Waals surface area contributed by atoms with Gasteiger partial charge in [0.15, 0.2) is 5.82 Å². The van der Waals surface area contributed by atoms with Gasteiger partial charge in [-0.15, -0.1) is 0 Å². The molecular formula is C12H19N3O2. The minimum atomic E-state index is 0.186. The lowest BCUT2D eigenvalue weighted by Gasteiger charge is -2.18. The molecular weight excluding hydrogens is 218 g/mol. The molecule has 2 fully saturated rings. The van der Waals surface area contributed by atoms with Crippen LogP contribution in [0.4, 0.5) is 0 Å². The molecule has 0 radical (unpaired) electrons. The summed E-state index contributed by atoms with van der Waals surface area (Å²) < 4.78 is 10.7. The molecule has 5 nitrogen and oxygen atoms in total. The molecule has 3 rings (SSSR count). The maximum absolute atomic E-state index is 6.05. The van der Waals surface area contributed by atoms with Gasteiger partial charge in [-0.25, -0.2) is 0 Å². The summed E-state index contributed by atoms with van der Waals surface area (Å²) >= 11 is 0. The van der Waals surface area contributed by atoms with E-state index in [4.69, 9.17) is 15.0 Å². The fourth-order valence-corrected chi connectivity index (χ4v) is 2.35. The monoisotopic (exact) mass is 237 g/mol. The van der Waals surface area contributed by atoms with Crippen molar-refractivity contribution >= 4 is 0 Å². The lowest BCUT2D eigenvalue weighted by molar-refractivity contribution is 0.0773. The Hall–Kier alpha value is -0.940. The Kier molecular flexibility index (Phi) is 3.11. The van der Waals surface area contributed by atoms with Crippen molar-refractivity contribution in [3.63, 3.8) is 0 Å². The number of rotatable bonds is 4. The Morgan fingerprint density at radius 3 is 2.94 bits per heavy atom. The van der Waals surface area contributed by atoms with Gasteiger partial charge in [0.25, 0.3) is 0 Å². The maximum Gasteiger partial charge on any atom is 0.228 e. The number of hydrogen-bond acceptors (Lipinski definition) is 5. The number of aromatic nitrogens is 2. The molecule has 0 amide bonds. The first-order chi connectivity index (χ1) is 8.33. The van der Waals surface area contributed by atoms with Crippen LogP contribution in [0.15, 0.2) is 4.52 Å². The smallest absolute Gasteiger partial charge is 0.228 e. The molecule has 0 aromatic carbocycles. The second-order valence-corrected chi connectivity index (χ2v) is 5.17. The third kappa shape index (κ3) is 2.66. The SMILES string of the molecule is NC(Cc1nc(C2CCCOC2)no1)C1CC1. The number of hydrogen-bond donors (Lipinski definition) is 1. The van der Waals surface area contributed by atoms with Crippen LogP contribution >= 0.6 is 0 Å². The van der Waals surface area contributed by atoms with Gasteiger partial charge in [0.1, 0.15) is 0 Å². The molecule has 5 heteroatoms. The van der Waals surface area contributed by atoms with Crippen molar-refractivity contribution in [2.24, 2.45) is 11.7 Å². The summed E-state index contributed by atoms with van der Waals surface area (Å²) in [6.07, 6.45) is 5.38. The Bertz CT molecular complexity index is 370. The molecule has 2 unspecified atom stereocenters. The zero-order valence-electron chi connectivity index (χ0n) is 9.97. The summed E-state index contributed by atoms with van der Waals surface area (Å²) in [7, 11) is 0. The first-order valence-electron chi connectivity index (χ1n) is 6.49. The first kappa shape index (κ1) is 11.2. The zero-order valence-corrected chi connectivity index (χ0v) is 9.97. The summed E-state index contributed by atoms with van der Waals surface area (Å²) in [5.41, 5.74) is 6.05. The third-order valence-electron chi connectivity index (χ3n) is 3.65. The molecule has 1 saturated carbocycles. The largest absolute Gasteiger partial charge is 0.381 e. The standard InChI is InChI=1S/C12H19N3O2/c13-10(8-3-4-8)6-11-14-12(15-17-11)9-2-1-5-16-7-9/h8-10H,1-7,13H2. The molecule has 94 valence electrons. The number of ether oxygens (including phenoxy) is 1.